The number of hydrogen-bond acceptors (Lipinski definition) is 4. The largest absolute Gasteiger partial charge is 0.480 e. The summed E-state index contributed by atoms with van der Waals surface area (Å²) in [6.45, 7) is 0.837. The fourth-order valence-corrected chi connectivity index (χ4v) is 4.40. The highest BCUT2D eigenvalue weighted by Gasteiger charge is 2.37. The number of thiophene rings is 1. The molecule has 1 saturated heterocycles. The molecule has 116 valence electrons. The highest BCUT2D eigenvalue weighted by atomic mass is 32.2. The predicted octanol–water partition coefficient (Wildman–Crippen LogP) is 4.11. The molecular weight excluding hydrogens is 314 g/mol. The molecule has 0 radical (unpaired) electrons. The number of thioether (sulfide) groups is 1. The van der Waals surface area contributed by atoms with E-state index in [2.05, 4.69) is 46.9 Å². The van der Waals surface area contributed by atoms with Crippen LogP contribution in [-0.4, -0.2) is 34.8 Å². The van der Waals surface area contributed by atoms with Crippen molar-refractivity contribution in [2.24, 2.45) is 0 Å². The van der Waals surface area contributed by atoms with Crippen LogP contribution in [0.3, 0.4) is 0 Å². The lowest BCUT2D eigenvalue weighted by Gasteiger charge is -2.31. The molecule has 0 aliphatic carbocycles. The van der Waals surface area contributed by atoms with Crippen LogP contribution >= 0.6 is 23.1 Å². The molecule has 1 aromatic heterocycles. The highest BCUT2D eigenvalue weighted by Crippen LogP contribution is 2.37. The topological polar surface area (TPSA) is 40.5 Å². The zero-order valence-electron chi connectivity index (χ0n) is 12.4. The Morgan fingerprint density at radius 2 is 2.14 bits per heavy atom. The van der Waals surface area contributed by atoms with Gasteiger partial charge < -0.3 is 5.11 Å². The Balaban J connectivity index is 1.98. The van der Waals surface area contributed by atoms with E-state index in [0.717, 1.165) is 19.4 Å². The van der Waals surface area contributed by atoms with Crippen LogP contribution < -0.4 is 0 Å². The highest BCUT2D eigenvalue weighted by molar-refractivity contribution is 7.98. The summed E-state index contributed by atoms with van der Waals surface area (Å²) in [7, 11) is 0. The predicted molar refractivity (Wildman–Crippen MR) is 91.7 cm³/mol. The summed E-state index contributed by atoms with van der Waals surface area (Å²) in [5, 5.41) is 11.6. The van der Waals surface area contributed by atoms with Crippen molar-refractivity contribution in [3.05, 3.63) is 52.2 Å². The first kappa shape index (κ1) is 15.6. The van der Waals surface area contributed by atoms with E-state index in [9.17, 15) is 9.90 Å². The molecule has 3 nitrogen and oxygen atoms in total. The summed E-state index contributed by atoms with van der Waals surface area (Å²) in [6, 6.07) is 12.3. The molecule has 3 rings (SSSR count). The third kappa shape index (κ3) is 3.07. The van der Waals surface area contributed by atoms with Gasteiger partial charge in [0.25, 0.3) is 0 Å². The van der Waals surface area contributed by atoms with Crippen molar-refractivity contribution in [2.75, 3.05) is 12.8 Å². The number of rotatable bonds is 5. The molecule has 1 aliphatic rings. The van der Waals surface area contributed by atoms with Gasteiger partial charge in [0.2, 0.25) is 0 Å². The first-order chi connectivity index (χ1) is 10.7. The minimum absolute atomic E-state index is 0.0412. The molecule has 2 unspecified atom stereocenters. The van der Waals surface area contributed by atoms with Crippen molar-refractivity contribution in [2.45, 2.75) is 29.8 Å². The van der Waals surface area contributed by atoms with E-state index in [1.54, 1.807) is 23.1 Å². The Hall–Kier alpha value is -1.30. The lowest BCUT2D eigenvalue weighted by atomic mass is 10.0. The van der Waals surface area contributed by atoms with Crippen LogP contribution in [0.2, 0.25) is 0 Å². The van der Waals surface area contributed by atoms with Crippen molar-refractivity contribution >= 4 is 29.1 Å². The Morgan fingerprint density at radius 1 is 1.36 bits per heavy atom. The molecular formula is C17H19NO2S2. The molecule has 1 aliphatic heterocycles. The third-order valence-corrected chi connectivity index (χ3v) is 5.82. The van der Waals surface area contributed by atoms with Crippen LogP contribution in [0.25, 0.3) is 0 Å². The van der Waals surface area contributed by atoms with Gasteiger partial charge in [-0.05, 0) is 48.2 Å². The van der Waals surface area contributed by atoms with Gasteiger partial charge in [-0.3, -0.25) is 9.69 Å². The maximum Gasteiger partial charge on any atom is 0.320 e. The fourth-order valence-electron chi connectivity index (χ4n) is 3.12. The monoisotopic (exact) mass is 333 g/mol. The van der Waals surface area contributed by atoms with E-state index in [4.69, 9.17) is 0 Å². The summed E-state index contributed by atoms with van der Waals surface area (Å²) in [5.41, 5.74) is 1.17. The van der Waals surface area contributed by atoms with Crippen molar-refractivity contribution in [3.8, 4) is 0 Å². The number of aliphatic carboxylic acids is 1. The Labute approximate surface area is 139 Å². The normalized spacial score (nSPS) is 20.1. The maximum absolute atomic E-state index is 11.6. The first-order valence-corrected chi connectivity index (χ1v) is 9.47. The van der Waals surface area contributed by atoms with Crippen LogP contribution in [-0.2, 0) is 4.79 Å². The second kappa shape index (κ2) is 6.86. The number of likely N-dealkylation sites (tertiary alicyclic amines) is 1. The molecule has 2 atom stereocenters. The van der Waals surface area contributed by atoms with Gasteiger partial charge in [0.05, 0.1) is 6.04 Å². The summed E-state index contributed by atoms with van der Waals surface area (Å²) < 4.78 is 0. The van der Waals surface area contributed by atoms with Crippen LogP contribution in [0, 0.1) is 0 Å². The van der Waals surface area contributed by atoms with E-state index in [1.807, 2.05) is 6.07 Å². The third-order valence-electron chi connectivity index (χ3n) is 4.16. The zero-order valence-corrected chi connectivity index (χ0v) is 14.1. The second-order valence-electron chi connectivity index (χ2n) is 5.43. The standard InChI is InChI=1S/C17H19NO2S2/c1-21-13-8-6-12(7-9-13)16(15-5-3-11-22-15)18-10-2-4-14(18)17(19)20/h3,5-9,11,14,16H,2,4,10H2,1H3,(H,19,20). The van der Waals surface area contributed by atoms with Crippen LogP contribution in [0.5, 0.6) is 0 Å². The lowest BCUT2D eigenvalue weighted by molar-refractivity contribution is -0.142. The van der Waals surface area contributed by atoms with Gasteiger partial charge in [-0.15, -0.1) is 23.1 Å². The fraction of sp³-hybridized carbons (Fsp3) is 0.353. The minimum Gasteiger partial charge on any atom is -0.480 e. The molecule has 1 fully saturated rings. The van der Waals surface area contributed by atoms with Gasteiger partial charge in [-0.25, -0.2) is 0 Å². The summed E-state index contributed by atoms with van der Waals surface area (Å²) in [6.07, 6.45) is 3.74. The maximum atomic E-state index is 11.6. The van der Waals surface area contributed by atoms with E-state index >= 15 is 0 Å². The van der Waals surface area contributed by atoms with Gasteiger partial charge in [0, 0.05) is 16.3 Å². The molecule has 22 heavy (non-hydrogen) atoms. The molecule has 5 heteroatoms. The van der Waals surface area contributed by atoms with Crippen molar-refractivity contribution in [1.29, 1.82) is 0 Å². The molecule has 2 aromatic rings. The van der Waals surface area contributed by atoms with Gasteiger partial charge in [-0.2, -0.15) is 0 Å². The molecule has 0 amide bonds. The average molecular weight is 333 g/mol. The van der Waals surface area contributed by atoms with E-state index in [0.29, 0.717) is 0 Å². The Morgan fingerprint density at radius 3 is 2.73 bits per heavy atom. The van der Waals surface area contributed by atoms with Gasteiger partial charge in [-0.1, -0.05) is 18.2 Å². The van der Waals surface area contributed by atoms with Gasteiger partial charge >= 0.3 is 5.97 Å². The minimum atomic E-state index is -0.709. The summed E-state index contributed by atoms with van der Waals surface area (Å²) in [4.78, 5) is 16.2. The number of carboxylic acids is 1. The lowest BCUT2D eigenvalue weighted by Crippen LogP contribution is -2.38. The van der Waals surface area contributed by atoms with Crippen molar-refractivity contribution in [1.82, 2.24) is 4.90 Å². The molecule has 0 saturated carbocycles. The average Bonchev–Trinajstić information content (AvgIpc) is 3.20. The smallest absolute Gasteiger partial charge is 0.320 e. The molecule has 1 N–H and O–H groups in total. The quantitative estimate of drug-likeness (QED) is 0.836. The molecule has 1 aromatic carbocycles. The van der Waals surface area contributed by atoms with Crippen LogP contribution in [0.4, 0.5) is 0 Å². The molecule has 0 spiro atoms. The number of nitrogens with zero attached hydrogens (tertiary/aromatic N) is 1. The second-order valence-corrected chi connectivity index (χ2v) is 7.28. The number of hydrogen-bond donors (Lipinski definition) is 1. The number of benzene rings is 1. The van der Waals surface area contributed by atoms with Gasteiger partial charge in [0.1, 0.15) is 6.04 Å². The van der Waals surface area contributed by atoms with Gasteiger partial charge in [0.15, 0.2) is 0 Å². The summed E-state index contributed by atoms with van der Waals surface area (Å²) in [5.74, 6) is -0.709. The van der Waals surface area contributed by atoms with E-state index in [1.165, 1.54) is 15.3 Å². The van der Waals surface area contributed by atoms with Crippen molar-refractivity contribution < 1.29 is 9.90 Å². The number of carbonyl (C=O) groups is 1. The first-order valence-electron chi connectivity index (χ1n) is 7.36. The molecule has 2 heterocycles. The van der Waals surface area contributed by atoms with E-state index in [-0.39, 0.29) is 12.1 Å². The van der Waals surface area contributed by atoms with Crippen molar-refractivity contribution in [3.63, 3.8) is 0 Å². The molecule has 0 bridgehead atoms. The Bertz CT molecular complexity index is 625. The summed E-state index contributed by atoms with van der Waals surface area (Å²) >= 11 is 3.42. The number of carboxylic acid groups (broad SMARTS) is 1. The van der Waals surface area contributed by atoms with Crippen LogP contribution in [0.1, 0.15) is 29.3 Å². The SMILES string of the molecule is CSc1ccc(C(c2cccs2)N2CCCC2C(=O)O)cc1. The van der Waals surface area contributed by atoms with Crippen LogP contribution in [0.15, 0.2) is 46.7 Å². The zero-order chi connectivity index (χ0) is 15.5. The van der Waals surface area contributed by atoms with E-state index < -0.39 is 5.97 Å². The Kier molecular flexibility index (Phi) is 4.86.